The topological polar surface area (TPSA) is 55.6 Å². The molecule has 0 bridgehead atoms. The van der Waals surface area contributed by atoms with Gasteiger partial charge in [0.15, 0.2) is 0 Å². The molecule has 4 nitrogen and oxygen atoms in total. The molecule has 2 unspecified atom stereocenters. The molecule has 1 aromatic carbocycles. The van der Waals surface area contributed by atoms with Gasteiger partial charge in [0.1, 0.15) is 0 Å². The highest BCUT2D eigenvalue weighted by atomic mass is 16.5. The van der Waals surface area contributed by atoms with E-state index < -0.39 is 5.41 Å². The van der Waals surface area contributed by atoms with Gasteiger partial charge < -0.3 is 15.4 Å². The van der Waals surface area contributed by atoms with E-state index in [0.717, 1.165) is 5.69 Å². The minimum Gasteiger partial charge on any atom is -0.379 e. The van der Waals surface area contributed by atoms with E-state index in [2.05, 4.69) is 0 Å². The zero-order chi connectivity index (χ0) is 14.0. The maximum atomic E-state index is 12.8. The first-order valence-electron chi connectivity index (χ1n) is 6.71. The van der Waals surface area contributed by atoms with Crippen molar-refractivity contribution in [3.63, 3.8) is 0 Å². The molecule has 1 aliphatic rings. The number of aryl methyl sites for hydroxylation is 1. The Labute approximate surface area is 114 Å². The average Bonchev–Trinajstić information content (AvgIpc) is 2.74. The van der Waals surface area contributed by atoms with E-state index >= 15 is 0 Å². The molecule has 1 aliphatic heterocycles. The van der Waals surface area contributed by atoms with E-state index in [0.29, 0.717) is 19.8 Å². The summed E-state index contributed by atoms with van der Waals surface area (Å²) in [6, 6.07) is 7.74. The minimum absolute atomic E-state index is 0.0452. The zero-order valence-corrected chi connectivity index (χ0v) is 11.8. The first kappa shape index (κ1) is 14.0. The van der Waals surface area contributed by atoms with Crippen LogP contribution in [0, 0.1) is 12.3 Å². The maximum Gasteiger partial charge on any atom is 0.236 e. The number of carbonyl (C=O) groups excluding carboxylic acids is 1. The van der Waals surface area contributed by atoms with Gasteiger partial charge in [-0.3, -0.25) is 4.79 Å². The number of amides is 1. The normalized spacial score (nSPS) is 26.4. The van der Waals surface area contributed by atoms with Crippen LogP contribution in [-0.2, 0) is 9.53 Å². The van der Waals surface area contributed by atoms with E-state index in [1.807, 2.05) is 45.0 Å². The Morgan fingerprint density at radius 3 is 2.58 bits per heavy atom. The quantitative estimate of drug-likeness (QED) is 0.902. The van der Waals surface area contributed by atoms with Crippen LogP contribution in [0.15, 0.2) is 24.3 Å². The summed E-state index contributed by atoms with van der Waals surface area (Å²) in [6.07, 6.45) is 0. The standard InChI is InChI=1S/C15H22N2O2/c1-4-17(12-7-5-11(2)6-8-12)14(18)15(3)10-19-9-13(15)16/h5-8,13H,4,9-10,16H2,1-3H3. The van der Waals surface area contributed by atoms with Crippen molar-refractivity contribution in [1.29, 1.82) is 0 Å². The van der Waals surface area contributed by atoms with E-state index in [-0.39, 0.29) is 11.9 Å². The molecule has 1 fully saturated rings. The third-order valence-electron chi connectivity index (χ3n) is 3.91. The summed E-state index contributed by atoms with van der Waals surface area (Å²) in [4.78, 5) is 14.5. The smallest absolute Gasteiger partial charge is 0.236 e. The second-order valence-corrected chi connectivity index (χ2v) is 5.42. The van der Waals surface area contributed by atoms with Crippen molar-refractivity contribution in [2.45, 2.75) is 26.8 Å². The Hall–Kier alpha value is -1.39. The Morgan fingerprint density at radius 2 is 2.11 bits per heavy atom. The van der Waals surface area contributed by atoms with Gasteiger partial charge in [-0.1, -0.05) is 17.7 Å². The van der Waals surface area contributed by atoms with Crippen molar-refractivity contribution in [2.75, 3.05) is 24.7 Å². The second kappa shape index (κ2) is 5.31. The van der Waals surface area contributed by atoms with E-state index in [1.54, 1.807) is 4.90 Å². The fraction of sp³-hybridized carbons (Fsp3) is 0.533. The van der Waals surface area contributed by atoms with Crippen LogP contribution in [0.5, 0.6) is 0 Å². The number of hydrogen-bond acceptors (Lipinski definition) is 3. The van der Waals surface area contributed by atoms with Crippen LogP contribution in [0.4, 0.5) is 5.69 Å². The van der Waals surface area contributed by atoms with Gasteiger partial charge in [-0.05, 0) is 32.9 Å². The Kier molecular flexibility index (Phi) is 3.92. The number of nitrogens with zero attached hydrogens (tertiary/aromatic N) is 1. The van der Waals surface area contributed by atoms with Gasteiger partial charge in [0, 0.05) is 18.3 Å². The van der Waals surface area contributed by atoms with Crippen molar-refractivity contribution in [3.05, 3.63) is 29.8 Å². The summed E-state index contributed by atoms with van der Waals surface area (Å²) >= 11 is 0. The largest absolute Gasteiger partial charge is 0.379 e. The van der Waals surface area contributed by atoms with Gasteiger partial charge in [0.05, 0.1) is 18.6 Å². The number of rotatable bonds is 3. The van der Waals surface area contributed by atoms with Gasteiger partial charge in [-0.2, -0.15) is 0 Å². The molecule has 1 amide bonds. The fourth-order valence-electron chi connectivity index (χ4n) is 2.39. The molecule has 1 aromatic rings. The molecule has 0 saturated carbocycles. The van der Waals surface area contributed by atoms with Crippen molar-refractivity contribution >= 4 is 11.6 Å². The third kappa shape index (κ3) is 2.51. The SMILES string of the molecule is CCN(C(=O)C1(C)COCC1N)c1ccc(C)cc1. The highest BCUT2D eigenvalue weighted by Gasteiger charge is 2.46. The lowest BCUT2D eigenvalue weighted by atomic mass is 9.84. The van der Waals surface area contributed by atoms with Gasteiger partial charge >= 0.3 is 0 Å². The molecule has 4 heteroatoms. The van der Waals surface area contributed by atoms with Crippen LogP contribution < -0.4 is 10.6 Å². The third-order valence-corrected chi connectivity index (χ3v) is 3.91. The Balaban J connectivity index is 2.27. The zero-order valence-electron chi connectivity index (χ0n) is 11.8. The molecule has 2 rings (SSSR count). The summed E-state index contributed by atoms with van der Waals surface area (Å²) in [5.74, 6) is 0.0452. The molecule has 19 heavy (non-hydrogen) atoms. The van der Waals surface area contributed by atoms with E-state index in [4.69, 9.17) is 10.5 Å². The van der Waals surface area contributed by atoms with Crippen LogP contribution in [0.25, 0.3) is 0 Å². The lowest BCUT2D eigenvalue weighted by Gasteiger charge is -2.32. The number of hydrogen-bond donors (Lipinski definition) is 1. The molecule has 104 valence electrons. The molecule has 1 saturated heterocycles. The average molecular weight is 262 g/mol. The number of nitrogens with two attached hydrogens (primary N) is 1. The predicted octanol–water partition coefficient (Wildman–Crippen LogP) is 1.71. The van der Waals surface area contributed by atoms with Gasteiger partial charge in [0.2, 0.25) is 5.91 Å². The Morgan fingerprint density at radius 1 is 1.47 bits per heavy atom. The summed E-state index contributed by atoms with van der Waals surface area (Å²) < 4.78 is 5.37. The molecule has 2 atom stereocenters. The van der Waals surface area contributed by atoms with E-state index in [9.17, 15) is 4.79 Å². The maximum absolute atomic E-state index is 12.8. The molecule has 0 aromatic heterocycles. The molecule has 1 heterocycles. The fourth-order valence-corrected chi connectivity index (χ4v) is 2.39. The van der Waals surface area contributed by atoms with Crippen LogP contribution in [0.2, 0.25) is 0 Å². The number of ether oxygens (including phenoxy) is 1. The lowest BCUT2D eigenvalue weighted by molar-refractivity contribution is -0.127. The number of carbonyl (C=O) groups is 1. The number of anilines is 1. The lowest BCUT2D eigenvalue weighted by Crippen LogP contribution is -2.51. The summed E-state index contributed by atoms with van der Waals surface area (Å²) in [7, 11) is 0. The van der Waals surface area contributed by atoms with Crippen molar-refractivity contribution < 1.29 is 9.53 Å². The molecule has 0 spiro atoms. The van der Waals surface area contributed by atoms with Crippen molar-refractivity contribution in [1.82, 2.24) is 0 Å². The highest BCUT2D eigenvalue weighted by Crippen LogP contribution is 2.31. The summed E-state index contributed by atoms with van der Waals surface area (Å²) in [6.45, 7) is 7.38. The predicted molar refractivity (Wildman–Crippen MR) is 76.1 cm³/mol. The summed E-state index contributed by atoms with van der Waals surface area (Å²) in [5.41, 5.74) is 7.51. The van der Waals surface area contributed by atoms with Crippen molar-refractivity contribution in [3.8, 4) is 0 Å². The minimum atomic E-state index is -0.624. The van der Waals surface area contributed by atoms with Crippen LogP contribution >= 0.6 is 0 Å². The molecular formula is C15H22N2O2. The molecular weight excluding hydrogens is 240 g/mol. The Bertz CT molecular complexity index is 458. The second-order valence-electron chi connectivity index (χ2n) is 5.42. The molecule has 0 aliphatic carbocycles. The molecule has 0 radical (unpaired) electrons. The number of benzene rings is 1. The van der Waals surface area contributed by atoms with Gasteiger partial charge in [0.25, 0.3) is 0 Å². The van der Waals surface area contributed by atoms with Gasteiger partial charge in [-0.25, -0.2) is 0 Å². The molecule has 2 N–H and O–H groups in total. The summed E-state index contributed by atoms with van der Waals surface area (Å²) in [5, 5.41) is 0. The van der Waals surface area contributed by atoms with Crippen LogP contribution in [0.1, 0.15) is 19.4 Å². The first-order valence-corrected chi connectivity index (χ1v) is 6.71. The van der Waals surface area contributed by atoms with Crippen LogP contribution in [-0.4, -0.2) is 31.7 Å². The van der Waals surface area contributed by atoms with Crippen molar-refractivity contribution in [2.24, 2.45) is 11.1 Å². The van der Waals surface area contributed by atoms with Crippen LogP contribution in [0.3, 0.4) is 0 Å². The highest BCUT2D eigenvalue weighted by molar-refractivity contribution is 5.98. The van der Waals surface area contributed by atoms with E-state index in [1.165, 1.54) is 5.56 Å². The van der Waals surface area contributed by atoms with Gasteiger partial charge in [-0.15, -0.1) is 0 Å². The monoisotopic (exact) mass is 262 g/mol. The first-order chi connectivity index (χ1) is 8.99.